The lowest BCUT2D eigenvalue weighted by Crippen LogP contribution is -2.51. The third kappa shape index (κ3) is 8.04. The van der Waals surface area contributed by atoms with Crippen LogP contribution in [0.25, 0.3) is 33.6 Å². The molecule has 4 aromatic rings. The second-order valence-corrected chi connectivity index (χ2v) is 13.6. The van der Waals surface area contributed by atoms with Gasteiger partial charge in [-0.3, -0.25) is 9.59 Å². The first kappa shape index (κ1) is 37.1. The van der Waals surface area contributed by atoms with Gasteiger partial charge in [-0.1, -0.05) is 48.5 Å². The van der Waals surface area contributed by atoms with Crippen LogP contribution in [0, 0.1) is 0 Å². The number of H-pyrrole nitrogens is 2. The van der Waals surface area contributed by atoms with E-state index in [0.29, 0.717) is 24.7 Å². The van der Waals surface area contributed by atoms with Crippen LogP contribution < -0.4 is 11.1 Å². The SMILES string of the molecule is COCC[C@](C)(OC(N)=O)C(=O)N1CCC[C@H]1c1ncc(-c2ccc(-c3ccc(-c4cnc([C@@H]5CCCN5C(=O)[C@H](C)NC(=O)OC)[nH]4)cc3)cc2)[nH]1. The number of methoxy groups -OCH3 is 2. The topological polar surface area (TPSA) is 198 Å². The molecule has 4 amide bonds. The van der Waals surface area contributed by atoms with Gasteiger partial charge in [0, 0.05) is 26.6 Å². The van der Waals surface area contributed by atoms with Gasteiger partial charge < -0.3 is 45.0 Å². The number of aromatic amines is 2. The molecule has 280 valence electrons. The highest BCUT2D eigenvalue weighted by Gasteiger charge is 2.44. The molecule has 0 saturated carbocycles. The lowest BCUT2D eigenvalue weighted by atomic mass is 9.99. The molecule has 0 unspecified atom stereocenters. The van der Waals surface area contributed by atoms with Crippen molar-refractivity contribution in [2.24, 2.45) is 5.73 Å². The summed E-state index contributed by atoms with van der Waals surface area (Å²) in [6, 6.07) is 15.1. The summed E-state index contributed by atoms with van der Waals surface area (Å²) in [6.07, 6.45) is 5.21. The van der Waals surface area contributed by atoms with E-state index in [1.54, 1.807) is 36.0 Å². The molecule has 2 fully saturated rings. The molecule has 2 aromatic heterocycles. The van der Waals surface area contributed by atoms with E-state index >= 15 is 0 Å². The van der Waals surface area contributed by atoms with Crippen molar-refractivity contribution in [1.29, 1.82) is 0 Å². The summed E-state index contributed by atoms with van der Waals surface area (Å²) in [4.78, 5) is 69.5. The third-order valence-electron chi connectivity index (χ3n) is 10.0. The van der Waals surface area contributed by atoms with E-state index in [1.165, 1.54) is 14.2 Å². The molecule has 0 aliphatic carbocycles. The number of primary amides is 1. The zero-order chi connectivity index (χ0) is 37.7. The van der Waals surface area contributed by atoms with Gasteiger partial charge in [-0.05, 0) is 61.8 Å². The number of alkyl carbamates (subject to hydrolysis) is 1. The van der Waals surface area contributed by atoms with Gasteiger partial charge in [0.2, 0.25) is 5.91 Å². The fourth-order valence-corrected chi connectivity index (χ4v) is 7.17. The van der Waals surface area contributed by atoms with E-state index in [2.05, 4.69) is 54.3 Å². The summed E-state index contributed by atoms with van der Waals surface area (Å²) < 4.78 is 15.1. The van der Waals surface area contributed by atoms with Crippen molar-refractivity contribution in [1.82, 2.24) is 35.1 Å². The van der Waals surface area contributed by atoms with Crippen LogP contribution in [0.1, 0.15) is 69.7 Å². The van der Waals surface area contributed by atoms with Crippen molar-refractivity contribution in [3.8, 4) is 33.6 Å². The molecule has 2 saturated heterocycles. The maximum absolute atomic E-state index is 13.7. The molecule has 6 rings (SSSR count). The average molecular weight is 727 g/mol. The molecule has 2 aromatic carbocycles. The number of imidazole rings is 2. The van der Waals surface area contributed by atoms with E-state index in [1.807, 2.05) is 24.3 Å². The molecule has 15 nitrogen and oxygen atoms in total. The number of hydrogen-bond acceptors (Lipinski definition) is 9. The lowest BCUT2D eigenvalue weighted by molar-refractivity contribution is -0.152. The average Bonchev–Trinajstić information content (AvgIpc) is 4.00. The van der Waals surface area contributed by atoms with Crippen LogP contribution in [0.2, 0.25) is 0 Å². The van der Waals surface area contributed by atoms with Gasteiger partial charge >= 0.3 is 12.2 Å². The molecule has 0 bridgehead atoms. The molecule has 4 atom stereocenters. The quantitative estimate of drug-likeness (QED) is 0.154. The molecule has 0 radical (unpaired) electrons. The minimum atomic E-state index is -1.44. The van der Waals surface area contributed by atoms with Crippen LogP contribution in [-0.2, 0) is 23.8 Å². The lowest BCUT2D eigenvalue weighted by Gasteiger charge is -2.34. The van der Waals surface area contributed by atoms with Gasteiger partial charge in [-0.25, -0.2) is 19.6 Å². The molecule has 4 heterocycles. The number of nitrogens with two attached hydrogens (primary N) is 1. The fourth-order valence-electron chi connectivity index (χ4n) is 7.17. The Kier molecular flexibility index (Phi) is 11.1. The highest BCUT2D eigenvalue weighted by atomic mass is 16.6. The van der Waals surface area contributed by atoms with Crippen LogP contribution >= 0.6 is 0 Å². The van der Waals surface area contributed by atoms with Gasteiger partial charge in [0.1, 0.15) is 17.7 Å². The number of ether oxygens (including phenoxy) is 3. The smallest absolute Gasteiger partial charge is 0.407 e. The van der Waals surface area contributed by atoms with Crippen molar-refractivity contribution >= 4 is 24.0 Å². The molecular formula is C38H46N8O7. The number of amides is 4. The Morgan fingerprint density at radius 2 is 1.34 bits per heavy atom. The van der Waals surface area contributed by atoms with Crippen LogP contribution in [0.5, 0.6) is 0 Å². The van der Waals surface area contributed by atoms with E-state index in [9.17, 15) is 19.2 Å². The van der Waals surface area contributed by atoms with Gasteiger partial charge in [0.15, 0.2) is 5.60 Å². The van der Waals surface area contributed by atoms with Crippen molar-refractivity contribution in [2.45, 2.75) is 69.7 Å². The maximum Gasteiger partial charge on any atom is 0.407 e. The normalized spacial score (nSPS) is 18.7. The predicted molar refractivity (Wildman–Crippen MR) is 195 cm³/mol. The molecule has 2 aliphatic heterocycles. The number of likely N-dealkylation sites (tertiary alicyclic amines) is 2. The van der Waals surface area contributed by atoms with Crippen LogP contribution in [0.4, 0.5) is 9.59 Å². The second kappa shape index (κ2) is 15.9. The van der Waals surface area contributed by atoms with Gasteiger partial charge in [0.05, 0.1) is 49.6 Å². The zero-order valence-corrected chi connectivity index (χ0v) is 30.4. The summed E-state index contributed by atoms with van der Waals surface area (Å²) in [5.74, 6) is 0.869. The summed E-state index contributed by atoms with van der Waals surface area (Å²) in [6.45, 7) is 4.54. The van der Waals surface area contributed by atoms with Crippen molar-refractivity contribution in [3.05, 3.63) is 72.6 Å². The number of nitrogens with one attached hydrogen (secondary N) is 3. The molecular weight excluding hydrogens is 680 g/mol. The summed E-state index contributed by atoms with van der Waals surface area (Å²) in [5.41, 5.74) is 9.53. The first-order valence-electron chi connectivity index (χ1n) is 17.8. The van der Waals surface area contributed by atoms with Crippen LogP contribution in [-0.4, -0.2) is 99.3 Å². The first-order valence-corrected chi connectivity index (χ1v) is 17.8. The summed E-state index contributed by atoms with van der Waals surface area (Å²) in [7, 11) is 2.79. The monoisotopic (exact) mass is 726 g/mol. The highest BCUT2D eigenvalue weighted by Crippen LogP contribution is 2.36. The molecule has 2 aliphatic rings. The largest absolute Gasteiger partial charge is 0.453 e. The van der Waals surface area contributed by atoms with Gasteiger partial charge in [0.25, 0.3) is 5.91 Å². The minimum Gasteiger partial charge on any atom is -0.453 e. The van der Waals surface area contributed by atoms with Crippen molar-refractivity contribution in [3.63, 3.8) is 0 Å². The van der Waals surface area contributed by atoms with E-state index < -0.39 is 23.8 Å². The third-order valence-corrected chi connectivity index (χ3v) is 10.0. The fraction of sp³-hybridized carbons (Fsp3) is 0.421. The van der Waals surface area contributed by atoms with Crippen molar-refractivity contribution in [2.75, 3.05) is 33.9 Å². The van der Waals surface area contributed by atoms with E-state index in [-0.39, 0.29) is 36.9 Å². The summed E-state index contributed by atoms with van der Waals surface area (Å²) in [5, 5.41) is 2.55. The number of carbonyl (C=O) groups excluding carboxylic acids is 4. The van der Waals surface area contributed by atoms with E-state index in [4.69, 9.17) is 15.2 Å². The Bertz CT molecular complexity index is 1920. The predicted octanol–water partition coefficient (Wildman–Crippen LogP) is 5.10. The number of aromatic nitrogens is 4. The van der Waals surface area contributed by atoms with Crippen LogP contribution in [0.3, 0.4) is 0 Å². The Hall–Kier alpha value is -5.70. The van der Waals surface area contributed by atoms with Crippen LogP contribution in [0.15, 0.2) is 60.9 Å². The Labute approximate surface area is 307 Å². The number of benzene rings is 2. The number of hydrogen-bond donors (Lipinski definition) is 4. The minimum absolute atomic E-state index is 0.179. The van der Waals surface area contributed by atoms with Gasteiger partial charge in [-0.2, -0.15) is 0 Å². The van der Waals surface area contributed by atoms with Crippen molar-refractivity contribution < 1.29 is 33.4 Å². The highest BCUT2D eigenvalue weighted by molar-refractivity contribution is 5.88. The Morgan fingerprint density at radius 1 is 0.849 bits per heavy atom. The summed E-state index contributed by atoms with van der Waals surface area (Å²) >= 11 is 0. The zero-order valence-electron chi connectivity index (χ0n) is 30.4. The Balaban J connectivity index is 1.10. The number of rotatable bonds is 12. The first-order chi connectivity index (χ1) is 25.5. The molecule has 53 heavy (non-hydrogen) atoms. The molecule has 15 heteroatoms. The standard InChI is InChI=1S/C38H46N8O7/c1-23(42-37(50)52-4)34(47)45-18-5-7-30(45)32-40-21-28(43-32)26-13-9-24(10-14-26)25-11-15-27(16-12-25)29-22-41-33(44-29)31-8-6-19-46(31)35(48)38(2,17-20-51-3)53-36(39)49/h9-16,21-23,30-31H,5-8,17-20H2,1-4H3,(H2,39,49)(H,40,43)(H,41,44)(H,42,50)/t23-,30-,31-,38-/m0/s1. The number of carbonyl (C=O) groups is 4. The molecule has 0 spiro atoms. The maximum atomic E-state index is 13.7. The second-order valence-electron chi connectivity index (χ2n) is 13.6. The Morgan fingerprint density at radius 3 is 1.83 bits per heavy atom. The van der Waals surface area contributed by atoms with E-state index in [0.717, 1.165) is 59.3 Å². The van der Waals surface area contributed by atoms with Gasteiger partial charge in [-0.15, -0.1) is 0 Å². The molecule has 5 N–H and O–H groups in total. The number of nitrogens with zero attached hydrogens (tertiary/aromatic N) is 4.